The number of carbonyl (C=O) groups is 1. The summed E-state index contributed by atoms with van der Waals surface area (Å²) in [6.45, 7) is 1.99. The molecule has 0 spiro atoms. The van der Waals surface area contributed by atoms with E-state index in [2.05, 4.69) is 12.1 Å². The number of rotatable bonds is 3. The van der Waals surface area contributed by atoms with Crippen LogP contribution in [0.4, 0.5) is 0 Å². The summed E-state index contributed by atoms with van der Waals surface area (Å²) in [7, 11) is 1.71. The second kappa shape index (κ2) is 5.19. The Bertz CT molecular complexity index is 558. The summed E-state index contributed by atoms with van der Waals surface area (Å²) < 4.78 is 0. The van der Waals surface area contributed by atoms with Crippen LogP contribution in [0.1, 0.15) is 12.5 Å². The molecule has 3 nitrogen and oxygen atoms in total. The van der Waals surface area contributed by atoms with Crippen LogP contribution in [0.3, 0.4) is 0 Å². The SMILES string of the molecule is CC(O)C(=O)N(C)Cc1cccc2ccccc12. The number of amides is 1. The van der Waals surface area contributed by atoms with E-state index in [1.54, 1.807) is 11.9 Å². The molecule has 0 aromatic heterocycles. The lowest BCUT2D eigenvalue weighted by Crippen LogP contribution is -2.34. The van der Waals surface area contributed by atoms with Gasteiger partial charge in [-0.3, -0.25) is 4.79 Å². The van der Waals surface area contributed by atoms with Gasteiger partial charge in [0, 0.05) is 13.6 Å². The molecule has 0 bridgehead atoms. The van der Waals surface area contributed by atoms with Crippen molar-refractivity contribution >= 4 is 16.7 Å². The van der Waals surface area contributed by atoms with E-state index < -0.39 is 6.10 Å². The van der Waals surface area contributed by atoms with E-state index in [9.17, 15) is 9.90 Å². The van der Waals surface area contributed by atoms with Crippen molar-refractivity contribution in [2.24, 2.45) is 0 Å². The molecule has 1 amide bonds. The fraction of sp³-hybridized carbons (Fsp3) is 0.267. The lowest BCUT2D eigenvalue weighted by Gasteiger charge is -2.19. The molecule has 2 rings (SSSR count). The first-order valence-corrected chi connectivity index (χ1v) is 5.99. The summed E-state index contributed by atoms with van der Waals surface area (Å²) in [5.41, 5.74) is 1.09. The third-order valence-corrected chi connectivity index (χ3v) is 3.02. The number of carbonyl (C=O) groups excluding carboxylic acids is 1. The predicted octanol–water partition coefficient (Wildman–Crippen LogP) is 2.18. The molecule has 0 aliphatic rings. The largest absolute Gasteiger partial charge is 0.384 e. The Hall–Kier alpha value is -1.87. The van der Waals surface area contributed by atoms with Gasteiger partial charge in [0.25, 0.3) is 5.91 Å². The summed E-state index contributed by atoms with van der Waals surface area (Å²) >= 11 is 0. The van der Waals surface area contributed by atoms with Crippen LogP contribution in [-0.2, 0) is 11.3 Å². The molecule has 94 valence electrons. The van der Waals surface area contributed by atoms with Gasteiger partial charge < -0.3 is 10.0 Å². The van der Waals surface area contributed by atoms with Crippen molar-refractivity contribution in [1.82, 2.24) is 4.90 Å². The number of likely N-dealkylation sites (N-methyl/N-ethyl adjacent to an activating group) is 1. The zero-order valence-corrected chi connectivity index (χ0v) is 10.6. The Kier molecular flexibility index (Phi) is 3.63. The molecule has 0 radical (unpaired) electrons. The number of aliphatic hydroxyl groups is 1. The minimum Gasteiger partial charge on any atom is -0.384 e. The van der Waals surface area contributed by atoms with Crippen LogP contribution in [-0.4, -0.2) is 29.1 Å². The third kappa shape index (κ3) is 2.51. The fourth-order valence-electron chi connectivity index (χ4n) is 2.08. The van der Waals surface area contributed by atoms with Gasteiger partial charge in [0.1, 0.15) is 6.10 Å². The molecule has 0 saturated carbocycles. The number of aliphatic hydroxyl groups excluding tert-OH is 1. The molecule has 18 heavy (non-hydrogen) atoms. The fourth-order valence-corrected chi connectivity index (χ4v) is 2.08. The van der Waals surface area contributed by atoms with Crippen molar-refractivity contribution in [1.29, 1.82) is 0 Å². The molecular formula is C15H17NO2. The van der Waals surface area contributed by atoms with Gasteiger partial charge in [0.2, 0.25) is 0 Å². The van der Waals surface area contributed by atoms with Gasteiger partial charge in [0.05, 0.1) is 0 Å². The summed E-state index contributed by atoms with van der Waals surface area (Å²) in [6.07, 6.45) is -0.954. The zero-order valence-electron chi connectivity index (χ0n) is 10.6. The maximum absolute atomic E-state index is 11.7. The van der Waals surface area contributed by atoms with Crippen molar-refractivity contribution in [2.45, 2.75) is 19.6 Å². The van der Waals surface area contributed by atoms with E-state index in [0.29, 0.717) is 6.54 Å². The Morgan fingerprint density at radius 2 is 1.89 bits per heavy atom. The highest BCUT2D eigenvalue weighted by molar-refractivity contribution is 5.86. The number of nitrogens with zero attached hydrogens (tertiary/aromatic N) is 1. The minimum absolute atomic E-state index is 0.261. The molecule has 0 fully saturated rings. The van der Waals surface area contributed by atoms with Gasteiger partial charge >= 0.3 is 0 Å². The predicted molar refractivity (Wildman–Crippen MR) is 72.1 cm³/mol. The highest BCUT2D eigenvalue weighted by Crippen LogP contribution is 2.19. The highest BCUT2D eigenvalue weighted by Gasteiger charge is 2.15. The first-order chi connectivity index (χ1) is 8.59. The lowest BCUT2D eigenvalue weighted by molar-refractivity contribution is -0.138. The quantitative estimate of drug-likeness (QED) is 0.897. The first-order valence-electron chi connectivity index (χ1n) is 5.99. The van der Waals surface area contributed by atoms with E-state index in [1.807, 2.05) is 30.3 Å². The van der Waals surface area contributed by atoms with Gasteiger partial charge in [-0.2, -0.15) is 0 Å². The highest BCUT2D eigenvalue weighted by atomic mass is 16.3. The van der Waals surface area contributed by atoms with Crippen molar-refractivity contribution in [2.75, 3.05) is 7.05 Å². The molecule has 2 aromatic rings. The van der Waals surface area contributed by atoms with Crippen LogP contribution in [0.2, 0.25) is 0 Å². The monoisotopic (exact) mass is 243 g/mol. The number of fused-ring (bicyclic) bond motifs is 1. The summed E-state index contributed by atoms with van der Waals surface area (Å²) in [5, 5.41) is 11.6. The summed E-state index contributed by atoms with van der Waals surface area (Å²) in [6, 6.07) is 14.1. The van der Waals surface area contributed by atoms with Crippen molar-refractivity contribution in [3.8, 4) is 0 Å². The zero-order chi connectivity index (χ0) is 13.1. The van der Waals surface area contributed by atoms with Gasteiger partial charge in [-0.15, -0.1) is 0 Å². The summed E-state index contributed by atoms with van der Waals surface area (Å²) in [5.74, 6) is -0.261. The van der Waals surface area contributed by atoms with Crippen LogP contribution >= 0.6 is 0 Å². The first kappa shape index (κ1) is 12.6. The molecule has 1 atom stereocenters. The molecule has 0 aliphatic carbocycles. The second-order valence-corrected chi connectivity index (χ2v) is 4.51. The molecule has 0 aliphatic heterocycles. The van der Waals surface area contributed by atoms with Crippen LogP contribution in [0, 0.1) is 0 Å². The standard InChI is InChI=1S/C15H17NO2/c1-11(17)15(18)16(2)10-13-8-5-7-12-6-3-4-9-14(12)13/h3-9,11,17H,10H2,1-2H3. The van der Waals surface area contributed by atoms with Gasteiger partial charge in [-0.1, -0.05) is 42.5 Å². The van der Waals surface area contributed by atoms with E-state index in [0.717, 1.165) is 16.3 Å². The normalized spacial score (nSPS) is 12.4. The average Bonchev–Trinajstić information content (AvgIpc) is 2.38. The number of hydrogen-bond acceptors (Lipinski definition) is 2. The van der Waals surface area contributed by atoms with E-state index in [1.165, 1.54) is 6.92 Å². The van der Waals surface area contributed by atoms with Gasteiger partial charge in [-0.05, 0) is 23.3 Å². The molecule has 0 heterocycles. The van der Waals surface area contributed by atoms with Crippen LogP contribution in [0.5, 0.6) is 0 Å². The van der Waals surface area contributed by atoms with Crippen LogP contribution < -0.4 is 0 Å². The molecular weight excluding hydrogens is 226 g/mol. The smallest absolute Gasteiger partial charge is 0.251 e. The summed E-state index contributed by atoms with van der Waals surface area (Å²) in [4.78, 5) is 13.2. The van der Waals surface area contributed by atoms with E-state index in [4.69, 9.17) is 0 Å². The molecule has 3 heteroatoms. The topological polar surface area (TPSA) is 40.5 Å². The van der Waals surface area contributed by atoms with Crippen molar-refractivity contribution < 1.29 is 9.90 Å². The van der Waals surface area contributed by atoms with Crippen LogP contribution in [0.15, 0.2) is 42.5 Å². The average molecular weight is 243 g/mol. The Morgan fingerprint density at radius 3 is 2.61 bits per heavy atom. The van der Waals surface area contributed by atoms with Gasteiger partial charge in [0.15, 0.2) is 0 Å². The Morgan fingerprint density at radius 1 is 1.22 bits per heavy atom. The number of benzene rings is 2. The third-order valence-electron chi connectivity index (χ3n) is 3.02. The van der Waals surface area contributed by atoms with E-state index in [-0.39, 0.29) is 5.91 Å². The second-order valence-electron chi connectivity index (χ2n) is 4.51. The van der Waals surface area contributed by atoms with Crippen molar-refractivity contribution in [3.63, 3.8) is 0 Å². The van der Waals surface area contributed by atoms with Gasteiger partial charge in [-0.25, -0.2) is 0 Å². The Labute approximate surface area is 107 Å². The minimum atomic E-state index is -0.954. The lowest BCUT2D eigenvalue weighted by atomic mass is 10.0. The molecule has 0 saturated heterocycles. The number of hydrogen-bond donors (Lipinski definition) is 1. The molecule has 1 N–H and O–H groups in total. The van der Waals surface area contributed by atoms with Crippen molar-refractivity contribution in [3.05, 3.63) is 48.0 Å². The van der Waals surface area contributed by atoms with E-state index >= 15 is 0 Å². The molecule has 1 unspecified atom stereocenters. The molecule has 2 aromatic carbocycles. The van der Waals surface area contributed by atoms with Crippen LogP contribution in [0.25, 0.3) is 10.8 Å². The maximum Gasteiger partial charge on any atom is 0.251 e. The Balaban J connectivity index is 2.29. The maximum atomic E-state index is 11.7.